The van der Waals surface area contributed by atoms with Gasteiger partial charge in [0.25, 0.3) is 0 Å². The zero-order chi connectivity index (χ0) is 20.5. The van der Waals surface area contributed by atoms with Gasteiger partial charge in [-0.2, -0.15) is 10.2 Å². The normalized spacial score (nSPS) is 13.8. The van der Waals surface area contributed by atoms with Crippen LogP contribution in [0.5, 0.6) is 0 Å². The molecule has 7 nitrogen and oxygen atoms in total. The van der Waals surface area contributed by atoms with Gasteiger partial charge in [-0.05, 0) is 56.4 Å². The average molecular weight is 418 g/mol. The molecule has 0 unspecified atom stereocenters. The van der Waals surface area contributed by atoms with E-state index < -0.39 is 0 Å². The van der Waals surface area contributed by atoms with Crippen molar-refractivity contribution in [1.29, 1.82) is 0 Å². The third-order valence-corrected chi connectivity index (χ3v) is 5.59. The molecule has 1 aliphatic rings. The first-order valence-electron chi connectivity index (χ1n) is 10.1. The van der Waals surface area contributed by atoms with Gasteiger partial charge >= 0.3 is 0 Å². The Labute approximate surface area is 180 Å². The molecule has 152 valence electrons. The largest absolute Gasteiger partial charge is 0.297 e. The quantitative estimate of drug-likeness (QED) is 0.424. The second kappa shape index (κ2) is 7.97. The molecular weight excluding hydrogens is 394 g/mol. The fraction of sp³-hybridized carbons (Fsp3) is 0.273. The lowest BCUT2D eigenvalue weighted by atomic mass is 10.3. The van der Waals surface area contributed by atoms with Crippen LogP contribution in [0.1, 0.15) is 24.4 Å². The number of para-hydroxylation sites is 1. The molecule has 1 aromatic carbocycles. The lowest BCUT2D eigenvalue weighted by Gasteiger charge is -2.15. The third kappa shape index (κ3) is 3.83. The van der Waals surface area contributed by atoms with Gasteiger partial charge in [-0.25, -0.2) is 9.36 Å². The highest BCUT2D eigenvalue weighted by Crippen LogP contribution is 2.38. The Hall–Kier alpha value is -3.10. The molecule has 30 heavy (non-hydrogen) atoms. The summed E-state index contributed by atoms with van der Waals surface area (Å²) in [4.78, 5) is 6.44. The second-order valence-corrected chi connectivity index (χ2v) is 8.10. The molecule has 0 aliphatic heterocycles. The molecule has 0 saturated heterocycles. The van der Waals surface area contributed by atoms with Gasteiger partial charge in [0.2, 0.25) is 0 Å². The molecule has 3 aromatic heterocycles. The van der Waals surface area contributed by atoms with Gasteiger partial charge in [0.05, 0.1) is 18.6 Å². The Morgan fingerprint density at radius 3 is 2.67 bits per heavy atom. The number of benzene rings is 1. The predicted octanol–water partition coefficient (Wildman–Crippen LogP) is 4.09. The summed E-state index contributed by atoms with van der Waals surface area (Å²) in [6, 6.07) is 14.6. The maximum atomic E-state index is 5.78. The van der Waals surface area contributed by atoms with Crippen LogP contribution in [0.15, 0.2) is 67.3 Å². The maximum absolute atomic E-state index is 5.78. The first-order valence-corrected chi connectivity index (χ1v) is 10.5. The van der Waals surface area contributed by atoms with Gasteiger partial charge in [-0.3, -0.25) is 14.5 Å². The first kappa shape index (κ1) is 18.9. The highest BCUT2D eigenvalue weighted by Gasteiger charge is 2.29. The van der Waals surface area contributed by atoms with Crippen LogP contribution in [0.2, 0.25) is 0 Å². The summed E-state index contributed by atoms with van der Waals surface area (Å²) in [5.41, 5.74) is 3.20. The maximum Gasteiger partial charge on any atom is 0.199 e. The van der Waals surface area contributed by atoms with Crippen molar-refractivity contribution in [2.24, 2.45) is 0 Å². The lowest BCUT2D eigenvalue weighted by molar-refractivity contribution is 0.244. The molecule has 3 heterocycles. The number of nitrogens with zero attached hydrogens (tertiary/aromatic N) is 7. The molecule has 4 aromatic rings. The molecule has 8 heteroatoms. The van der Waals surface area contributed by atoms with Crippen molar-refractivity contribution in [3.8, 4) is 17.1 Å². The summed E-state index contributed by atoms with van der Waals surface area (Å²) in [7, 11) is 2.07. The Morgan fingerprint density at radius 1 is 1.10 bits per heavy atom. The SMILES string of the molecule is CN(Cc1cnn(-c2ccccc2)c1)Cn1nc(-c2cccnc2)n(C2CC2)c1=S. The van der Waals surface area contributed by atoms with Crippen molar-refractivity contribution in [3.63, 3.8) is 0 Å². The van der Waals surface area contributed by atoms with Crippen molar-refractivity contribution in [1.82, 2.24) is 34.0 Å². The Balaban J connectivity index is 1.35. The third-order valence-electron chi connectivity index (χ3n) is 5.19. The number of rotatable bonds is 7. The molecule has 1 saturated carbocycles. The van der Waals surface area contributed by atoms with E-state index in [0.29, 0.717) is 12.7 Å². The molecule has 0 bridgehead atoms. The molecule has 0 spiro atoms. The highest BCUT2D eigenvalue weighted by molar-refractivity contribution is 7.71. The zero-order valence-electron chi connectivity index (χ0n) is 16.8. The Morgan fingerprint density at radius 2 is 1.93 bits per heavy atom. The molecule has 0 atom stereocenters. The first-order chi connectivity index (χ1) is 14.7. The van der Waals surface area contributed by atoms with Crippen LogP contribution in [0, 0.1) is 4.77 Å². The van der Waals surface area contributed by atoms with Crippen molar-refractivity contribution in [3.05, 3.63) is 77.6 Å². The zero-order valence-corrected chi connectivity index (χ0v) is 17.6. The van der Waals surface area contributed by atoms with E-state index in [1.165, 1.54) is 0 Å². The Kier molecular flexibility index (Phi) is 5.02. The van der Waals surface area contributed by atoms with Crippen LogP contribution < -0.4 is 0 Å². The van der Waals surface area contributed by atoms with Gasteiger partial charge in [-0.1, -0.05) is 18.2 Å². The summed E-state index contributed by atoms with van der Waals surface area (Å²) >= 11 is 5.78. The average Bonchev–Trinajstić information content (AvgIpc) is 3.42. The predicted molar refractivity (Wildman–Crippen MR) is 118 cm³/mol. The van der Waals surface area contributed by atoms with Gasteiger partial charge in [-0.15, -0.1) is 0 Å². The van der Waals surface area contributed by atoms with Crippen LogP contribution in [-0.4, -0.2) is 41.1 Å². The summed E-state index contributed by atoms with van der Waals surface area (Å²) in [5.74, 6) is 0.904. The van der Waals surface area contributed by atoms with Gasteiger partial charge in [0.1, 0.15) is 0 Å². The molecule has 0 N–H and O–H groups in total. The fourth-order valence-electron chi connectivity index (χ4n) is 3.62. The summed E-state index contributed by atoms with van der Waals surface area (Å²) in [6.45, 7) is 1.37. The van der Waals surface area contributed by atoms with Crippen LogP contribution in [0.25, 0.3) is 17.1 Å². The molecule has 0 amide bonds. The molecule has 0 radical (unpaired) electrons. The van der Waals surface area contributed by atoms with Gasteiger partial charge < -0.3 is 0 Å². The van der Waals surface area contributed by atoms with Gasteiger partial charge in [0, 0.05) is 42.3 Å². The second-order valence-electron chi connectivity index (χ2n) is 7.73. The summed E-state index contributed by atoms with van der Waals surface area (Å²) in [5, 5.41) is 9.34. The van der Waals surface area contributed by atoms with Crippen LogP contribution in [-0.2, 0) is 13.2 Å². The van der Waals surface area contributed by atoms with E-state index in [-0.39, 0.29) is 0 Å². The fourth-order valence-corrected chi connectivity index (χ4v) is 3.95. The van der Waals surface area contributed by atoms with E-state index in [1.807, 2.05) is 64.2 Å². The van der Waals surface area contributed by atoms with Crippen molar-refractivity contribution in [2.45, 2.75) is 32.1 Å². The number of hydrogen-bond donors (Lipinski definition) is 0. The standard InChI is InChI=1S/C22H23N7S/c1-26(14-17-12-24-27(15-17)19-7-3-2-4-8-19)16-28-22(30)29(20-9-10-20)21(25-28)18-6-5-11-23-13-18/h2-8,11-13,15,20H,9-10,14,16H2,1H3. The molecule has 1 fully saturated rings. The topological polar surface area (TPSA) is 56.7 Å². The van der Waals surface area contributed by atoms with E-state index in [1.54, 1.807) is 6.20 Å². The smallest absolute Gasteiger partial charge is 0.199 e. The minimum absolute atomic E-state index is 0.455. The van der Waals surface area contributed by atoms with Crippen LogP contribution in [0.4, 0.5) is 0 Å². The van der Waals surface area contributed by atoms with Crippen LogP contribution >= 0.6 is 12.2 Å². The molecule has 1 aliphatic carbocycles. The number of pyridine rings is 1. The van der Waals surface area contributed by atoms with E-state index in [4.69, 9.17) is 17.3 Å². The summed E-state index contributed by atoms with van der Waals surface area (Å²) in [6.07, 6.45) is 9.91. The highest BCUT2D eigenvalue weighted by atomic mass is 32.1. The minimum atomic E-state index is 0.455. The van der Waals surface area contributed by atoms with Crippen molar-refractivity contribution >= 4 is 12.2 Å². The number of hydrogen-bond acceptors (Lipinski definition) is 5. The van der Waals surface area contributed by atoms with E-state index in [0.717, 1.165) is 46.8 Å². The van der Waals surface area contributed by atoms with Crippen molar-refractivity contribution in [2.75, 3.05) is 7.05 Å². The van der Waals surface area contributed by atoms with E-state index >= 15 is 0 Å². The molecule has 5 rings (SSSR count). The van der Waals surface area contributed by atoms with Crippen molar-refractivity contribution < 1.29 is 0 Å². The van der Waals surface area contributed by atoms with E-state index in [2.05, 4.69) is 32.8 Å². The monoisotopic (exact) mass is 417 g/mol. The number of aromatic nitrogens is 6. The molecular formula is C22H23N7S. The minimum Gasteiger partial charge on any atom is -0.297 e. The van der Waals surface area contributed by atoms with Crippen LogP contribution in [0.3, 0.4) is 0 Å². The van der Waals surface area contributed by atoms with Gasteiger partial charge in [0.15, 0.2) is 10.6 Å². The Bertz CT molecular complexity index is 1190. The summed E-state index contributed by atoms with van der Waals surface area (Å²) < 4.78 is 6.77. The lowest BCUT2D eigenvalue weighted by Crippen LogP contribution is -2.22. The van der Waals surface area contributed by atoms with E-state index in [9.17, 15) is 0 Å².